The Balaban J connectivity index is 1.83. The number of nitrogens with zero attached hydrogens (tertiary/aromatic N) is 2. The molecule has 1 unspecified atom stereocenters. The van der Waals surface area contributed by atoms with Crippen molar-refractivity contribution < 1.29 is 5.11 Å². The van der Waals surface area contributed by atoms with E-state index >= 15 is 0 Å². The molecule has 1 aromatic heterocycles. The maximum Gasteiger partial charge on any atom is 0.182 e. The average Bonchev–Trinajstić information content (AvgIpc) is 2.74. The summed E-state index contributed by atoms with van der Waals surface area (Å²) >= 11 is 1.72. The molecule has 5 heteroatoms. The third-order valence-corrected chi connectivity index (χ3v) is 3.88. The van der Waals surface area contributed by atoms with Gasteiger partial charge < -0.3 is 10.4 Å². The summed E-state index contributed by atoms with van der Waals surface area (Å²) in [5.41, 5.74) is 0. The van der Waals surface area contributed by atoms with Gasteiger partial charge in [-0.3, -0.25) is 4.90 Å². The molecule has 0 radical (unpaired) electrons. The van der Waals surface area contributed by atoms with E-state index in [1.807, 2.05) is 6.20 Å². The SMILES string of the molecule is CCCNc1ncc(CN2CCCC(O)C2)s1. The maximum absolute atomic E-state index is 9.61. The molecular formula is C12H21N3OS. The Labute approximate surface area is 107 Å². The van der Waals surface area contributed by atoms with Gasteiger partial charge in [-0.1, -0.05) is 6.92 Å². The van der Waals surface area contributed by atoms with E-state index in [0.717, 1.165) is 50.6 Å². The van der Waals surface area contributed by atoms with Crippen molar-refractivity contribution in [1.29, 1.82) is 0 Å². The van der Waals surface area contributed by atoms with Crippen molar-refractivity contribution in [3.63, 3.8) is 0 Å². The number of rotatable bonds is 5. The van der Waals surface area contributed by atoms with Crippen LogP contribution in [-0.2, 0) is 6.54 Å². The zero-order valence-corrected chi connectivity index (χ0v) is 11.2. The lowest BCUT2D eigenvalue weighted by Crippen LogP contribution is -2.37. The predicted molar refractivity (Wildman–Crippen MR) is 71.4 cm³/mol. The molecule has 2 heterocycles. The van der Waals surface area contributed by atoms with Gasteiger partial charge in [0.15, 0.2) is 5.13 Å². The Bertz CT molecular complexity index is 342. The van der Waals surface area contributed by atoms with Gasteiger partial charge >= 0.3 is 0 Å². The van der Waals surface area contributed by atoms with Crippen molar-refractivity contribution in [1.82, 2.24) is 9.88 Å². The molecule has 1 fully saturated rings. The molecule has 1 aliphatic rings. The number of hydrogen-bond acceptors (Lipinski definition) is 5. The smallest absolute Gasteiger partial charge is 0.182 e. The van der Waals surface area contributed by atoms with Crippen molar-refractivity contribution in [3.8, 4) is 0 Å². The Morgan fingerprint density at radius 1 is 1.65 bits per heavy atom. The first-order chi connectivity index (χ1) is 8.28. The highest BCUT2D eigenvalue weighted by Crippen LogP contribution is 2.21. The Morgan fingerprint density at radius 3 is 3.29 bits per heavy atom. The van der Waals surface area contributed by atoms with Gasteiger partial charge in [-0.05, 0) is 25.8 Å². The summed E-state index contributed by atoms with van der Waals surface area (Å²) in [5, 5.41) is 13.9. The van der Waals surface area contributed by atoms with Gasteiger partial charge in [-0.15, -0.1) is 11.3 Å². The first-order valence-corrected chi connectivity index (χ1v) is 7.18. The van der Waals surface area contributed by atoms with Crippen LogP contribution in [0.25, 0.3) is 0 Å². The van der Waals surface area contributed by atoms with E-state index in [2.05, 4.69) is 22.1 Å². The van der Waals surface area contributed by atoms with E-state index in [-0.39, 0.29) is 6.10 Å². The second-order valence-corrected chi connectivity index (χ2v) is 5.70. The first-order valence-electron chi connectivity index (χ1n) is 6.37. The molecule has 2 rings (SSSR count). The van der Waals surface area contributed by atoms with Gasteiger partial charge in [-0.25, -0.2) is 4.98 Å². The maximum atomic E-state index is 9.61. The van der Waals surface area contributed by atoms with E-state index in [1.54, 1.807) is 11.3 Å². The highest BCUT2D eigenvalue weighted by atomic mass is 32.1. The van der Waals surface area contributed by atoms with E-state index in [9.17, 15) is 5.11 Å². The van der Waals surface area contributed by atoms with Crippen LogP contribution in [0.2, 0.25) is 0 Å². The molecule has 17 heavy (non-hydrogen) atoms. The number of piperidine rings is 1. The number of aromatic nitrogens is 1. The van der Waals surface area contributed by atoms with Gasteiger partial charge in [0.1, 0.15) is 0 Å². The van der Waals surface area contributed by atoms with Crippen LogP contribution in [-0.4, -0.2) is 40.7 Å². The molecule has 2 N–H and O–H groups in total. The Morgan fingerprint density at radius 2 is 2.53 bits per heavy atom. The van der Waals surface area contributed by atoms with Crippen molar-refractivity contribution in [2.24, 2.45) is 0 Å². The number of aliphatic hydroxyl groups is 1. The number of thiazole rings is 1. The third kappa shape index (κ3) is 3.94. The fourth-order valence-corrected chi connectivity index (χ4v) is 2.97. The number of likely N-dealkylation sites (tertiary alicyclic amines) is 1. The molecule has 4 nitrogen and oxygen atoms in total. The van der Waals surface area contributed by atoms with Crippen LogP contribution in [0, 0.1) is 0 Å². The molecule has 96 valence electrons. The van der Waals surface area contributed by atoms with Crippen molar-refractivity contribution in [2.75, 3.05) is 25.0 Å². The van der Waals surface area contributed by atoms with Crippen LogP contribution >= 0.6 is 11.3 Å². The Kier molecular flexibility index (Phi) is 4.76. The van der Waals surface area contributed by atoms with E-state index in [4.69, 9.17) is 0 Å². The summed E-state index contributed by atoms with van der Waals surface area (Å²) in [6.45, 7) is 5.94. The fraction of sp³-hybridized carbons (Fsp3) is 0.750. The van der Waals surface area contributed by atoms with Crippen LogP contribution in [0.1, 0.15) is 31.1 Å². The number of aliphatic hydroxyl groups excluding tert-OH is 1. The summed E-state index contributed by atoms with van der Waals surface area (Å²) in [6.07, 6.45) is 4.97. The van der Waals surface area contributed by atoms with Crippen molar-refractivity contribution >= 4 is 16.5 Å². The molecule has 0 amide bonds. The first kappa shape index (κ1) is 12.8. The predicted octanol–water partition coefficient (Wildman–Crippen LogP) is 1.92. The molecule has 0 bridgehead atoms. The van der Waals surface area contributed by atoms with Gasteiger partial charge in [0.05, 0.1) is 6.10 Å². The lowest BCUT2D eigenvalue weighted by molar-refractivity contribution is 0.0673. The lowest BCUT2D eigenvalue weighted by Gasteiger charge is -2.29. The lowest BCUT2D eigenvalue weighted by atomic mass is 10.1. The molecule has 1 saturated heterocycles. The van der Waals surface area contributed by atoms with E-state index < -0.39 is 0 Å². The topological polar surface area (TPSA) is 48.4 Å². The molecule has 0 aliphatic carbocycles. The van der Waals surface area contributed by atoms with Crippen LogP contribution < -0.4 is 5.32 Å². The fourth-order valence-electron chi connectivity index (χ4n) is 2.09. The van der Waals surface area contributed by atoms with Crippen LogP contribution in [0.15, 0.2) is 6.20 Å². The van der Waals surface area contributed by atoms with E-state index in [1.165, 1.54) is 4.88 Å². The Hall–Kier alpha value is -0.650. The van der Waals surface area contributed by atoms with Gasteiger partial charge in [0.2, 0.25) is 0 Å². The number of nitrogens with one attached hydrogen (secondary N) is 1. The quantitative estimate of drug-likeness (QED) is 0.844. The minimum absolute atomic E-state index is 0.144. The van der Waals surface area contributed by atoms with Crippen molar-refractivity contribution in [3.05, 3.63) is 11.1 Å². The molecule has 0 saturated carbocycles. The van der Waals surface area contributed by atoms with Gasteiger partial charge in [-0.2, -0.15) is 0 Å². The molecule has 0 spiro atoms. The van der Waals surface area contributed by atoms with Crippen molar-refractivity contribution in [2.45, 2.75) is 38.8 Å². The number of anilines is 1. The molecule has 1 aliphatic heterocycles. The zero-order valence-electron chi connectivity index (χ0n) is 10.4. The minimum Gasteiger partial charge on any atom is -0.392 e. The van der Waals surface area contributed by atoms with Gasteiger partial charge in [0.25, 0.3) is 0 Å². The van der Waals surface area contributed by atoms with Crippen LogP contribution in [0.3, 0.4) is 0 Å². The molecular weight excluding hydrogens is 234 g/mol. The highest BCUT2D eigenvalue weighted by molar-refractivity contribution is 7.15. The van der Waals surface area contributed by atoms with Gasteiger partial charge in [0, 0.05) is 30.7 Å². The second kappa shape index (κ2) is 6.33. The molecule has 1 atom stereocenters. The van der Waals surface area contributed by atoms with Crippen LogP contribution in [0.4, 0.5) is 5.13 Å². The third-order valence-electron chi connectivity index (χ3n) is 2.94. The summed E-state index contributed by atoms with van der Waals surface area (Å²) in [7, 11) is 0. The summed E-state index contributed by atoms with van der Waals surface area (Å²) in [6, 6.07) is 0. The second-order valence-electron chi connectivity index (χ2n) is 4.59. The summed E-state index contributed by atoms with van der Waals surface area (Å²) in [4.78, 5) is 7.94. The number of β-amino-alcohol motifs (C(OH)–C–C–N with tert-alkyl or cyclic N) is 1. The van der Waals surface area contributed by atoms with Crippen LogP contribution in [0.5, 0.6) is 0 Å². The normalized spacial score (nSPS) is 21.6. The zero-order chi connectivity index (χ0) is 12.1. The summed E-state index contributed by atoms with van der Waals surface area (Å²) < 4.78 is 0. The number of hydrogen-bond donors (Lipinski definition) is 2. The van der Waals surface area contributed by atoms with E-state index in [0.29, 0.717) is 0 Å². The molecule has 1 aromatic rings. The molecule has 0 aromatic carbocycles. The standard InChI is InChI=1S/C12H21N3OS/c1-2-5-13-12-14-7-11(17-12)9-15-6-3-4-10(16)8-15/h7,10,16H,2-6,8-9H2,1H3,(H,13,14). The summed E-state index contributed by atoms with van der Waals surface area (Å²) in [5.74, 6) is 0. The monoisotopic (exact) mass is 255 g/mol. The highest BCUT2D eigenvalue weighted by Gasteiger charge is 2.18. The average molecular weight is 255 g/mol. The largest absolute Gasteiger partial charge is 0.392 e. The minimum atomic E-state index is -0.144.